The predicted octanol–water partition coefficient (Wildman–Crippen LogP) is 3.36. The first kappa shape index (κ1) is 13.5. The van der Waals surface area contributed by atoms with E-state index in [2.05, 4.69) is 0 Å². The van der Waals surface area contributed by atoms with Crippen LogP contribution in [0.2, 0.25) is 0 Å². The summed E-state index contributed by atoms with van der Waals surface area (Å²) in [5.74, 6) is -3.83. The van der Waals surface area contributed by atoms with Gasteiger partial charge < -0.3 is 4.90 Å². The Labute approximate surface area is 115 Å². The van der Waals surface area contributed by atoms with Crippen LogP contribution in [0.5, 0.6) is 0 Å². The Hall–Kier alpha value is -1.52. The highest BCUT2D eigenvalue weighted by Crippen LogP contribution is 2.39. The molecule has 1 amide bonds. The second kappa shape index (κ2) is 5.11. The van der Waals surface area contributed by atoms with E-state index >= 15 is 0 Å². The summed E-state index contributed by atoms with van der Waals surface area (Å²) in [5.41, 5.74) is 0.202. The molecule has 0 aromatic heterocycles. The van der Waals surface area contributed by atoms with Gasteiger partial charge in [-0.1, -0.05) is 6.07 Å². The van der Waals surface area contributed by atoms with Gasteiger partial charge >= 0.3 is 0 Å². The monoisotopic (exact) mass is 283 g/mol. The lowest BCUT2D eigenvalue weighted by molar-refractivity contribution is -0.138. The average Bonchev–Trinajstić information content (AvgIpc) is 2.47. The quantitative estimate of drug-likeness (QED) is 0.724. The Kier molecular flexibility index (Phi) is 3.44. The number of carbonyl (C=O) groups is 1. The molecule has 0 aliphatic carbocycles. The molecule has 0 N–H and O–H groups in total. The van der Waals surface area contributed by atoms with Gasteiger partial charge in [0.25, 0.3) is 0 Å². The van der Waals surface area contributed by atoms with Gasteiger partial charge in [-0.3, -0.25) is 4.79 Å². The molecule has 5 heteroatoms. The van der Waals surface area contributed by atoms with Crippen LogP contribution < -0.4 is 0 Å². The molecule has 2 unspecified atom stereocenters. The first-order chi connectivity index (χ1) is 9.59. The minimum absolute atomic E-state index is 0.0793. The second-order valence-electron chi connectivity index (χ2n) is 5.56. The van der Waals surface area contributed by atoms with Gasteiger partial charge in [0.15, 0.2) is 17.5 Å². The third kappa shape index (κ3) is 2.09. The molecular weight excluding hydrogens is 267 g/mol. The summed E-state index contributed by atoms with van der Waals surface area (Å²) in [6.07, 6.45) is 3.59. The van der Waals surface area contributed by atoms with Crippen molar-refractivity contribution >= 4 is 5.91 Å². The molecule has 2 nitrogen and oxygen atoms in total. The van der Waals surface area contributed by atoms with Crippen LogP contribution in [0.3, 0.4) is 0 Å². The van der Waals surface area contributed by atoms with Gasteiger partial charge in [0, 0.05) is 24.9 Å². The van der Waals surface area contributed by atoms with Gasteiger partial charge in [0.2, 0.25) is 5.91 Å². The second-order valence-corrected chi connectivity index (χ2v) is 5.56. The SMILES string of the molecule is O=C1CCC(c2ccc(F)c(F)c2F)C2CCCCN12. The van der Waals surface area contributed by atoms with Crippen molar-refractivity contribution < 1.29 is 18.0 Å². The molecule has 2 fully saturated rings. The molecule has 1 aromatic rings. The summed E-state index contributed by atoms with van der Waals surface area (Å²) in [4.78, 5) is 13.7. The van der Waals surface area contributed by atoms with Crippen LogP contribution in [0.4, 0.5) is 13.2 Å². The third-order valence-electron chi connectivity index (χ3n) is 4.47. The molecule has 0 bridgehead atoms. The molecule has 3 rings (SSSR count). The Bertz CT molecular complexity index is 546. The van der Waals surface area contributed by atoms with Gasteiger partial charge in [-0.05, 0) is 37.3 Å². The number of hydrogen-bond acceptors (Lipinski definition) is 1. The van der Waals surface area contributed by atoms with Crippen molar-refractivity contribution in [3.05, 3.63) is 35.1 Å². The zero-order chi connectivity index (χ0) is 14.3. The molecule has 0 radical (unpaired) electrons. The standard InChI is InChI=1S/C15H16F3NO/c16-11-6-4-10(14(17)15(11)18)9-5-7-13(20)19-8-2-1-3-12(9)19/h4,6,9,12H,1-3,5,7-8H2. The van der Waals surface area contributed by atoms with E-state index in [1.165, 1.54) is 6.07 Å². The summed E-state index contributed by atoms with van der Waals surface area (Å²) in [7, 11) is 0. The fourth-order valence-electron chi connectivity index (χ4n) is 3.49. The average molecular weight is 283 g/mol. The number of nitrogens with zero attached hydrogens (tertiary/aromatic N) is 1. The number of hydrogen-bond donors (Lipinski definition) is 0. The van der Waals surface area contributed by atoms with Crippen LogP contribution in [0, 0.1) is 17.5 Å². The van der Waals surface area contributed by atoms with Gasteiger partial charge in [-0.25, -0.2) is 13.2 Å². The molecule has 108 valence electrons. The maximum atomic E-state index is 14.0. The van der Waals surface area contributed by atoms with E-state index < -0.39 is 17.5 Å². The van der Waals surface area contributed by atoms with Crippen LogP contribution >= 0.6 is 0 Å². The Morgan fingerprint density at radius 2 is 1.85 bits per heavy atom. The van der Waals surface area contributed by atoms with Crippen molar-refractivity contribution in [3.8, 4) is 0 Å². The summed E-state index contributed by atoms with van der Waals surface area (Å²) in [5, 5.41) is 0. The minimum atomic E-state index is -1.42. The van der Waals surface area contributed by atoms with E-state index in [0.29, 0.717) is 19.4 Å². The third-order valence-corrected chi connectivity index (χ3v) is 4.47. The lowest BCUT2D eigenvalue weighted by atomic mass is 9.79. The van der Waals surface area contributed by atoms with Gasteiger partial charge in [0.05, 0.1) is 0 Å². The van der Waals surface area contributed by atoms with Crippen LogP contribution in [0.15, 0.2) is 12.1 Å². The fourth-order valence-corrected chi connectivity index (χ4v) is 3.49. The van der Waals surface area contributed by atoms with E-state index in [1.54, 1.807) is 4.90 Å². The Balaban J connectivity index is 1.97. The van der Waals surface area contributed by atoms with E-state index in [1.807, 2.05) is 0 Å². The Morgan fingerprint density at radius 1 is 1.05 bits per heavy atom. The molecule has 2 saturated heterocycles. The predicted molar refractivity (Wildman–Crippen MR) is 67.6 cm³/mol. The topological polar surface area (TPSA) is 20.3 Å². The number of fused-ring (bicyclic) bond motifs is 1. The van der Waals surface area contributed by atoms with Crippen molar-refractivity contribution in [2.45, 2.75) is 44.1 Å². The highest BCUT2D eigenvalue weighted by molar-refractivity contribution is 5.78. The molecule has 1 aromatic carbocycles. The van der Waals surface area contributed by atoms with Crippen molar-refractivity contribution in [1.29, 1.82) is 0 Å². The van der Waals surface area contributed by atoms with Gasteiger partial charge in [-0.2, -0.15) is 0 Å². The zero-order valence-corrected chi connectivity index (χ0v) is 11.0. The smallest absolute Gasteiger partial charge is 0.222 e. The molecular formula is C15H16F3NO. The maximum absolute atomic E-state index is 14.0. The maximum Gasteiger partial charge on any atom is 0.222 e. The summed E-state index contributed by atoms with van der Waals surface area (Å²) < 4.78 is 40.4. The zero-order valence-electron chi connectivity index (χ0n) is 11.0. The highest BCUT2D eigenvalue weighted by atomic mass is 19.2. The van der Waals surface area contributed by atoms with Crippen LogP contribution in [-0.4, -0.2) is 23.4 Å². The van der Waals surface area contributed by atoms with Crippen molar-refractivity contribution in [3.63, 3.8) is 0 Å². The van der Waals surface area contributed by atoms with E-state index in [-0.39, 0.29) is 23.4 Å². The Morgan fingerprint density at radius 3 is 2.65 bits per heavy atom. The molecule has 20 heavy (non-hydrogen) atoms. The molecule has 0 saturated carbocycles. The lowest BCUT2D eigenvalue weighted by Gasteiger charge is -2.44. The van der Waals surface area contributed by atoms with Crippen molar-refractivity contribution in [1.82, 2.24) is 4.90 Å². The van der Waals surface area contributed by atoms with Crippen LogP contribution in [-0.2, 0) is 4.79 Å². The first-order valence-corrected chi connectivity index (χ1v) is 7.02. The summed E-state index contributed by atoms with van der Waals surface area (Å²) in [6, 6.07) is 2.21. The number of halogens is 3. The highest BCUT2D eigenvalue weighted by Gasteiger charge is 2.39. The number of rotatable bonds is 1. The minimum Gasteiger partial charge on any atom is -0.339 e. The van der Waals surface area contributed by atoms with E-state index in [9.17, 15) is 18.0 Å². The lowest BCUT2D eigenvalue weighted by Crippen LogP contribution is -2.50. The number of benzene rings is 1. The van der Waals surface area contributed by atoms with Crippen LogP contribution in [0.25, 0.3) is 0 Å². The van der Waals surface area contributed by atoms with Crippen molar-refractivity contribution in [2.24, 2.45) is 0 Å². The normalized spacial score (nSPS) is 26.6. The molecule has 2 aliphatic rings. The van der Waals surface area contributed by atoms with Crippen LogP contribution in [0.1, 0.15) is 43.6 Å². The van der Waals surface area contributed by atoms with Gasteiger partial charge in [-0.15, -0.1) is 0 Å². The fraction of sp³-hybridized carbons (Fsp3) is 0.533. The van der Waals surface area contributed by atoms with Gasteiger partial charge in [0.1, 0.15) is 0 Å². The number of carbonyl (C=O) groups excluding carboxylic acids is 1. The van der Waals surface area contributed by atoms with E-state index in [4.69, 9.17) is 0 Å². The van der Waals surface area contributed by atoms with E-state index in [0.717, 1.165) is 25.3 Å². The molecule has 2 atom stereocenters. The number of amides is 1. The largest absolute Gasteiger partial charge is 0.339 e. The molecule has 2 heterocycles. The number of piperidine rings is 2. The summed E-state index contributed by atoms with van der Waals surface area (Å²) in [6.45, 7) is 0.686. The molecule has 0 spiro atoms. The van der Waals surface area contributed by atoms with Crippen molar-refractivity contribution in [2.75, 3.05) is 6.54 Å². The first-order valence-electron chi connectivity index (χ1n) is 7.02. The molecule has 2 aliphatic heterocycles. The summed E-state index contributed by atoms with van der Waals surface area (Å²) >= 11 is 0.